The summed E-state index contributed by atoms with van der Waals surface area (Å²) in [5.41, 5.74) is -0.281. The van der Waals surface area contributed by atoms with Crippen LogP contribution in [0.15, 0.2) is 5.38 Å². The van der Waals surface area contributed by atoms with Gasteiger partial charge in [0.25, 0.3) is 0 Å². The van der Waals surface area contributed by atoms with Crippen LogP contribution in [0.2, 0.25) is 0 Å². The number of rotatable bonds is 5. The van der Waals surface area contributed by atoms with E-state index in [2.05, 4.69) is 14.8 Å². The number of anilines is 1. The summed E-state index contributed by atoms with van der Waals surface area (Å²) < 4.78 is 4.95. The minimum absolute atomic E-state index is 0.360. The lowest BCUT2D eigenvalue weighted by Gasteiger charge is -2.37. The number of carbonyl (C=O) groups excluding carboxylic acids is 1. The molecule has 0 bridgehead atoms. The molecule has 1 N–H and O–H groups in total. The zero-order valence-corrected chi connectivity index (χ0v) is 13.7. The number of carbonyl (C=O) groups is 1. The summed E-state index contributed by atoms with van der Waals surface area (Å²) >= 11 is 1.47. The predicted molar refractivity (Wildman–Crippen MR) is 83.0 cm³/mol. The van der Waals surface area contributed by atoms with Crippen LogP contribution in [0.1, 0.15) is 31.3 Å². The van der Waals surface area contributed by atoms with Crippen molar-refractivity contribution in [2.45, 2.75) is 26.4 Å². The van der Waals surface area contributed by atoms with Gasteiger partial charge in [0.1, 0.15) is 0 Å². The molecule has 0 unspecified atom stereocenters. The summed E-state index contributed by atoms with van der Waals surface area (Å²) in [5.74, 6) is -0.360. The van der Waals surface area contributed by atoms with Crippen molar-refractivity contribution in [3.05, 3.63) is 11.1 Å². The zero-order chi connectivity index (χ0) is 15.5. The van der Waals surface area contributed by atoms with Crippen LogP contribution in [0.5, 0.6) is 0 Å². The Labute approximate surface area is 129 Å². The van der Waals surface area contributed by atoms with Crippen LogP contribution in [0.25, 0.3) is 0 Å². The van der Waals surface area contributed by atoms with Crippen LogP contribution in [0.4, 0.5) is 5.13 Å². The smallest absolute Gasteiger partial charge is 0.357 e. The third-order valence-electron chi connectivity index (χ3n) is 3.23. The SMILES string of the molecule is CCOC(=O)c1csc(N2CCN(CC(C)(C)O)CC2)n1. The first-order valence-electron chi connectivity index (χ1n) is 7.21. The summed E-state index contributed by atoms with van der Waals surface area (Å²) in [4.78, 5) is 20.4. The van der Waals surface area contributed by atoms with Gasteiger partial charge in [-0.15, -0.1) is 11.3 Å². The molecule has 0 amide bonds. The van der Waals surface area contributed by atoms with Gasteiger partial charge in [-0.2, -0.15) is 0 Å². The predicted octanol–water partition coefficient (Wildman–Crippen LogP) is 1.21. The van der Waals surface area contributed by atoms with Crippen molar-refractivity contribution in [2.24, 2.45) is 0 Å². The molecule has 6 nitrogen and oxygen atoms in total. The molecular weight excluding hydrogens is 290 g/mol. The number of aromatic nitrogens is 1. The molecule has 1 aliphatic heterocycles. The van der Waals surface area contributed by atoms with Gasteiger partial charge in [-0.1, -0.05) is 0 Å². The van der Waals surface area contributed by atoms with Crippen molar-refractivity contribution in [1.82, 2.24) is 9.88 Å². The van der Waals surface area contributed by atoms with E-state index >= 15 is 0 Å². The first-order valence-corrected chi connectivity index (χ1v) is 8.09. The zero-order valence-electron chi connectivity index (χ0n) is 12.8. The molecule has 1 fully saturated rings. The molecule has 0 radical (unpaired) electrons. The molecule has 118 valence electrons. The van der Waals surface area contributed by atoms with Gasteiger partial charge >= 0.3 is 5.97 Å². The summed E-state index contributed by atoms with van der Waals surface area (Å²) in [6.45, 7) is 9.95. The maximum atomic E-state index is 11.6. The van der Waals surface area contributed by atoms with Crippen molar-refractivity contribution in [1.29, 1.82) is 0 Å². The first-order chi connectivity index (χ1) is 9.89. The molecule has 2 heterocycles. The van der Waals surface area contributed by atoms with Crippen molar-refractivity contribution >= 4 is 22.4 Å². The number of esters is 1. The van der Waals surface area contributed by atoms with Crippen molar-refractivity contribution in [3.8, 4) is 0 Å². The van der Waals surface area contributed by atoms with E-state index in [4.69, 9.17) is 4.74 Å². The number of aliphatic hydroxyl groups is 1. The van der Waals surface area contributed by atoms with Gasteiger partial charge in [0.15, 0.2) is 10.8 Å². The normalized spacial score (nSPS) is 17.0. The van der Waals surface area contributed by atoms with E-state index < -0.39 is 5.60 Å². The van der Waals surface area contributed by atoms with Gasteiger partial charge < -0.3 is 14.7 Å². The van der Waals surface area contributed by atoms with E-state index in [1.54, 1.807) is 12.3 Å². The number of thiazole rings is 1. The number of hydrogen-bond donors (Lipinski definition) is 1. The molecule has 1 aromatic rings. The number of piperazine rings is 1. The fraction of sp³-hybridized carbons (Fsp3) is 0.714. The average Bonchev–Trinajstić information content (AvgIpc) is 2.87. The minimum atomic E-state index is -0.666. The fourth-order valence-corrected chi connectivity index (χ4v) is 3.20. The number of hydrogen-bond acceptors (Lipinski definition) is 7. The van der Waals surface area contributed by atoms with Crippen molar-refractivity contribution < 1.29 is 14.6 Å². The van der Waals surface area contributed by atoms with E-state index in [1.807, 2.05) is 13.8 Å². The largest absolute Gasteiger partial charge is 0.461 e. The molecule has 0 atom stereocenters. The molecular formula is C14H23N3O3S. The second kappa shape index (κ2) is 6.72. The lowest BCUT2D eigenvalue weighted by atomic mass is 10.1. The summed E-state index contributed by atoms with van der Waals surface area (Å²) in [7, 11) is 0. The lowest BCUT2D eigenvalue weighted by molar-refractivity contribution is 0.0344. The van der Waals surface area contributed by atoms with Crippen LogP contribution in [-0.2, 0) is 4.74 Å². The van der Waals surface area contributed by atoms with E-state index in [1.165, 1.54) is 11.3 Å². The molecule has 21 heavy (non-hydrogen) atoms. The Morgan fingerprint density at radius 1 is 1.43 bits per heavy atom. The standard InChI is InChI=1S/C14H23N3O3S/c1-4-20-12(18)11-9-21-13(15-11)17-7-5-16(6-8-17)10-14(2,3)19/h9,19H,4-8,10H2,1-3H3. The van der Waals surface area contributed by atoms with E-state index in [-0.39, 0.29) is 5.97 Å². The van der Waals surface area contributed by atoms with Gasteiger partial charge in [-0.25, -0.2) is 9.78 Å². The molecule has 0 saturated carbocycles. The van der Waals surface area contributed by atoms with Crippen molar-refractivity contribution in [2.75, 3.05) is 44.2 Å². The number of nitrogens with zero attached hydrogens (tertiary/aromatic N) is 3. The topological polar surface area (TPSA) is 65.9 Å². The van der Waals surface area contributed by atoms with E-state index in [0.29, 0.717) is 18.8 Å². The van der Waals surface area contributed by atoms with Crippen LogP contribution in [0, 0.1) is 0 Å². The third kappa shape index (κ3) is 4.66. The minimum Gasteiger partial charge on any atom is -0.461 e. The van der Waals surface area contributed by atoms with Crippen LogP contribution < -0.4 is 4.90 Å². The highest BCUT2D eigenvalue weighted by Gasteiger charge is 2.24. The fourth-order valence-electron chi connectivity index (χ4n) is 2.35. The molecule has 1 saturated heterocycles. The quantitative estimate of drug-likeness (QED) is 0.824. The highest BCUT2D eigenvalue weighted by molar-refractivity contribution is 7.13. The Hall–Kier alpha value is -1.18. The maximum absolute atomic E-state index is 11.6. The van der Waals surface area contributed by atoms with Gasteiger partial charge in [0.05, 0.1) is 12.2 Å². The Morgan fingerprint density at radius 3 is 2.67 bits per heavy atom. The van der Waals surface area contributed by atoms with Gasteiger partial charge in [0, 0.05) is 38.1 Å². The number of β-amino-alcohol motifs (C(OH)–C–C–N with tert-alkyl or cyclic N) is 1. The van der Waals surface area contributed by atoms with E-state index in [9.17, 15) is 9.90 Å². The molecule has 7 heteroatoms. The first kappa shape index (κ1) is 16.2. The highest BCUT2D eigenvalue weighted by atomic mass is 32.1. The van der Waals surface area contributed by atoms with Crippen LogP contribution in [-0.4, -0.2) is 65.9 Å². The summed E-state index contributed by atoms with van der Waals surface area (Å²) in [6.07, 6.45) is 0. The summed E-state index contributed by atoms with van der Waals surface area (Å²) in [6, 6.07) is 0. The Morgan fingerprint density at radius 2 is 2.10 bits per heavy atom. The molecule has 2 rings (SSSR count). The van der Waals surface area contributed by atoms with Gasteiger partial charge in [-0.3, -0.25) is 4.90 Å². The highest BCUT2D eigenvalue weighted by Crippen LogP contribution is 2.22. The molecule has 0 aliphatic carbocycles. The molecule has 1 aromatic heterocycles. The van der Waals surface area contributed by atoms with Crippen molar-refractivity contribution in [3.63, 3.8) is 0 Å². The van der Waals surface area contributed by atoms with Gasteiger partial charge in [-0.05, 0) is 20.8 Å². The Bertz CT molecular complexity index is 476. The second-order valence-electron chi connectivity index (χ2n) is 5.81. The van der Waals surface area contributed by atoms with Gasteiger partial charge in [0.2, 0.25) is 0 Å². The monoisotopic (exact) mass is 313 g/mol. The molecule has 0 spiro atoms. The molecule has 0 aromatic carbocycles. The third-order valence-corrected chi connectivity index (χ3v) is 4.13. The lowest BCUT2D eigenvalue weighted by Crippen LogP contribution is -2.50. The van der Waals surface area contributed by atoms with Crippen LogP contribution >= 0.6 is 11.3 Å². The number of ether oxygens (including phenoxy) is 1. The summed E-state index contributed by atoms with van der Waals surface area (Å²) in [5, 5.41) is 12.5. The maximum Gasteiger partial charge on any atom is 0.357 e. The Kier molecular flexibility index (Phi) is 5.18. The molecule has 1 aliphatic rings. The second-order valence-corrected chi connectivity index (χ2v) is 6.65. The Balaban J connectivity index is 1.89. The van der Waals surface area contributed by atoms with Crippen LogP contribution in [0.3, 0.4) is 0 Å². The van der Waals surface area contributed by atoms with E-state index in [0.717, 1.165) is 31.3 Å². The average molecular weight is 313 g/mol.